The van der Waals surface area contributed by atoms with Gasteiger partial charge in [-0.3, -0.25) is 4.79 Å². The number of carboxylic acids is 1. The SMILES string of the molecule is Cc1ccc(C(Cc2ccc(C)cc2Cl)C(=O)O)cc1. The van der Waals surface area contributed by atoms with Gasteiger partial charge < -0.3 is 5.11 Å². The predicted octanol–water partition coefficient (Wildman–Crippen LogP) is 4.37. The molecule has 3 heteroatoms. The Balaban J connectivity index is 2.30. The molecule has 0 saturated carbocycles. The Morgan fingerprint density at radius 3 is 2.25 bits per heavy atom. The van der Waals surface area contributed by atoms with Gasteiger partial charge in [0.1, 0.15) is 0 Å². The molecule has 1 unspecified atom stereocenters. The first-order chi connectivity index (χ1) is 9.47. The van der Waals surface area contributed by atoms with E-state index in [0.717, 1.165) is 22.3 Å². The van der Waals surface area contributed by atoms with Crippen molar-refractivity contribution < 1.29 is 9.90 Å². The van der Waals surface area contributed by atoms with E-state index in [1.807, 2.05) is 56.3 Å². The van der Waals surface area contributed by atoms with Crippen molar-refractivity contribution in [2.75, 3.05) is 0 Å². The third-order valence-corrected chi connectivity index (χ3v) is 3.76. The summed E-state index contributed by atoms with van der Waals surface area (Å²) in [5, 5.41) is 10.1. The summed E-state index contributed by atoms with van der Waals surface area (Å²) < 4.78 is 0. The Morgan fingerprint density at radius 2 is 1.70 bits per heavy atom. The van der Waals surface area contributed by atoms with E-state index < -0.39 is 11.9 Å². The molecule has 2 aromatic carbocycles. The van der Waals surface area contributed by atoms with Crippen LogP contribution in [0.5, 0.6) is 0 Å². The maximum absolute atomic E-state index is 11.5. The molecule has 0 radical (unpaired) electrons. The fourth-order valence-corrected chi connectivity index (χ4v) is 2.50. The third kappa shape index (κ3) is 3.40. The van der Waals surface area contributed by atoms with Crippen LogP contribution >= 0.6 is 11.6 Å². The first-order valence-corrected chi connectivity index (χ1v) is 6.89. The summed E-state index contributed by atoms with van der Waals surface area (Å²) in [6.45, 7) is 3.95. The lowest BCUT2D eigenvalue weighted by Crippen LogP contribution is -2.14. The molecule has 0 aliphatic carbocycles. The highest BCUT2D eigenvalue weighted by Crippen LogP contribution is 2.26. The molecular weight excluding hydrogens is 272 g/mol. The fraction of sp³-hybridized carbons (Fsp3) is 0.235. The molecular formula is C17H17ClO2. The zero-order valence-corrected chi connectivity index (χ0v) is 12.3. The summed E-state index contributed by atoms with van der Waals surface area (Å²) in [5.41, 5.74) is 3.86. The summed E-state index contributed by atoms with van der Waals surface area (Å²) in [5.74, 6) is -1.40. The number of halogens is 1. The Morgan fingerprint density at radius 1 is 1.10 bits per heavy atom. The van der Waals surface area contributed by atoms with Crippen molar-refractivity contribution in [3.05, 3.63) is 69.7 Å². The molecule has 0 aromatic heterocycles. The minimum Gasteiger partial charge on any atom is -0.481 e. The summed E-state index contributed by atoms with van der Waals surface area (Å²) >= 11 is 6.20. The van der Waals surface area contributed by atoms with E-state index in [4.69, 9.17) is 11.6 Å². The molecule has 0 amide bonds. The zero-order chi connectivity index (χ0) is 14.7. The largest absolute Gasteiger partial charge is 0.481 e. The molecule has 1 atom stereocenters. The molecule has 0 heterocycles. The van der Waals surface area contributed by atoms with Crippen molar-refractivity contribution in [2.24, 2.45) is 0 Å². The van der Waals surface area contributed by atoms with Crippen molar-refractivity contribution in [1.29, 1.82) is 0 Å². The van der Waals surface area contributed by atoms with Crippen molar-refractivity contribution in [3.63, 3.8) is 0 Å². The molecule has 0 saturated heterocycles. The second kappa shape index (κ2) is 6.10. The van der Waals surface area contributed by atoms with Gasteiger partial charge in [0, 0.05) is 5.02 Å². The quantitative estimate of drug-likeness (QED) is 0.907. The highest BCUT2D eigenvalue weighted by atomic mass is 35.5. The Hall–Kier alpha value is -1.80. The van der Waals surface area contributed by atoms with Crippen molar-refractivity contribution in [2.45, 2.75) is 26.2 Å². The van der Waals surface area contributed by atoms with Crippen LogP contribution in [0.15, 0.2) is 42.5 Å². The van der Waals surface area contributed by atoms with Crippen LogP contribution in [0.2, 0.25) is 5.02 Å². The van der Waals surface area contributed by atoms with Crippen molar-refractivity contribution in [1.82, 2.24) is 0 Å². The van der Waals surface area contributed by atoms with Gasteiger partial charge in [-0.2, -0.15) is 0 Å². The van der Waals surface area contributed by atoms with E-state index in [2.05, 4.69) is 0 Å². The highest BCUT2D eigenvalue weighted by Gasteiger charge is 2.21. The van der Waals surface area contributed by atoms with E-state index >= 15 is 0 Å². The molecule has 2 rings (SSSR count). The van der Waals surface area contributed by atoms with Gasteiger partial charge in [-0.1, -0.05) is 53.6 Å². The van der Waals surface area contributed by atoms with Crippen LogP contribution in [0.3, 0.4) is 0 Å². The number of hydrogen-bond donors (Lipinski definition) is 1. The van der Waals surface area contributed by atoms with Crippen LogP contribution in [-0.4, -0.2) is 11.1 Å². The highest BCUT2D eigenvalue weighted by molar-refractivity contribution is 6.31. The standard InChI is InChI=1S/C17H17ClO2/c1-11-3-6-13(7-4-11)15(17(19)20)10-14-8-5-12(2)9-16(14)18/h3-9,15H,10H2,1-2H3,(H,19,20). The lowest BCUT2D eigenvalue weighted by molar-refractivity contribution is -0.138. The van der Waals surface area contributed by atoms with E-state index in [-0.39, 0.29) is 0 Å². The Bertz CT molecular complexity index is 617. The second-order valence-electron chi connectivity index (χ2n) is 5.10. The molecule has 0 fully saturated rings. The van der Waals surface area contributed by atoms with Crippen LogP contribution < -0.4 is 0 Å². The number of rotatable bonds is 4. The Kier molecular flexibility index (Phi) is 4.46. The average Bonchev–Trinajstić information content (AvgIpc) is 2.39. The van der Waals surface area contributed by atoms with Gasteiger partial charge in [0.25, 0.3) is 0 Å². The number of benzene rings is 2. The molecule has 1 N–H and O–H groups in total. The van der Waals surface area contributed by atoms with Gasteiger partial charge >= 0.3 is 5.97 Å². The predicted molar refractivity (Wildman–Crippen MR) is 81.4 cm³/mol. The van der Waals surface area contributed by atoms with Crippen LogP contribution in [-0.2, 0) is 11.2 Å². The summed E-state index contributed by atoms with van der Waals surface area (Å²) in [6, 6.07) is 13.3. The maximum Gasteiger partial charge on any atom is 0.311 e. The van der Waals surface area contributed by atoms with Crippen LogP contribution in [0.4, 0.5) is 0 Å². The number of carboxylic acid groups (broad SMARTS) is 1. The maximum atomic E-state index is 11.5. The van der Waals surface area contributed by atoms with Gasteiger partial charge in [0.05, 0.1) is 5.92 Å². The van der Waals surface area contributed by atoms with Crippen LogP contribution in [0.1, 0.15) is 28.2 Å². The monoisotopic (exact) mass is 288 g/mol. The third-order valence-electron chi connectivity index (χ3n) is 3.41. The summed E-state index contributed by atoms with van der Waals surface area (Å²) in [7, 11) is 0. The molecule has 2 nitrogen and oxygen atoms in total. The number of aryl methyl sites for hydroxylation is 2. The normalized spacial score (nSPS) is 12.2. The second-order valence-corrected chi connectivity index (χ2v) is 5.51. The van der Waals surface area contributed by atoms with E-state index in [1.54, 1.807) is 0 Å². The van der Waals surface area contributed by atoms with Crippen LogP contribution in [0, 0.1) is 13.8 Å². The van der Waals surface area contributed by atoms with E-state index in [1.165, 1.54) is 0 Å². The minimum atomic E-state index is -0.828. The van der Waals surface area contributed by atoms with Gasteiger partial charge in [0.2, 0.25) is 0 Å². The van der Waals surface area contributed by atoms with Crippen molar-refractivity contribution in [3.8, 4) is 0 Å². The lowest BCUT2D eigenvalue weighted by atomic mass is 9.91. The minimum absolute atomic E-state index is 0.400. The van der Waals surface area contributed by atoms with Crippen molar-refractivity contribution >= 4 is 17.6 Å². The average molecular weight is 289 g/mol. The first-order valence-electron chi connectivity index (χ1n) is 6.52. The summed E-state index contributed by atoms with van der Waals surface area (Å²) in [6.07, 6.45) is 0.400. The van der Waals surface area contributed by atoms with E-state index in [0.29, 0.717) is 11.4 Å². The first kappa shape index (κ1) is 14.6. The summed E-state index contributed by atoms with van der Waals surface area (Å²) in [4.78, 5) is 11.5. The van der Waals surface area contributed by atoms with Crippen LogP contribution in [0.25, 0.3) is 0 Å². The van der Waals surface area contributed by atoms with Gasteiger partial charge in [-0.05, 0) is 43.0 Å². The lowest BCUT2D eigenvalue weighted by Gasteiger charge is -2.14. The zero-order valence-electron chi connectivity index (χ0n) is 11.6. The number of aliphatic carboxylic acids is 1. The number of hydrogen-bond acceptors (Lipinski definition) is 1. The molecule has 104 valence electrons. The number of carbonyl (C=O) groups is 1. The molecule has 2 aromatic rings. The smallest absolute Gasteiger partial charge is 0.311 e. The van der Waals surface area contributed by atoms with Gasteiger partial charge in [-0.15, -0.1) is 0 Å². The molecule has 0 aliphatic heterocycles. The topological polar surface area (TPSA) is 37.3 Å². The van der Waals surface area contributed by atoms with Gasteiger partial charge in [0.15, 0.2) is 0 Å². The fourth-order valence-electron chi connectivity index (χ4n) is 2.18. The molecule has 0 spiro atoms. The van der Waals surface area contributed by atoms with E-state index in [9.17, 15) is 9.90 Å². The van der Waals surface area contributed by atoms with Gasteiger partial charge in [-0.25, -0.2) is 0 Å². The molecule has 0 aliphatic rings. The molecule has 20 heavy (non-hydrogen) atoms. The Labute approximate surface area is 124 Å². The molecule has 0 bridgehead atoms.